The molecule has 108 valence electrons. The maximum Gasteiger partial charge on any atom is 0.286 e. The summed E-state index contributed by atoms with van der Waals surface area (Å²) < 4.78 is 22.5. The first kappa shape index (κ1) is 16.0. The van der Waals surface area contributed by atoms with Gasteiger partial charge in [-0.25, -0.2) is 0 Å². The van der Waals surface area contributed by atoms with E-state index in [1.165, 1.54) is 0 Å². The first-order valence-electron chi connectivity index (χ1n) is 6.86. The lowest BCUT2D eigenvalue weighted by Gasteiger charge is -2.32. The molecule has 0 aliphatic carbocycles. The van der Waals surface area contributed by atoms with E-state index < -0.39 is 5.97 Å². The van der Waals surface area contributed by atoms with Gasteiger partial charge in [-0.3, -0.25) is 0 Å². The standard InChI is InChI=1S/C15H24O4/c1-4-17-15(18-5-2,19-6-3)12-13-16-14-10-8-7-9-11-14/h7-11H,4-6,12-13H2,1-3H3. The molecule has 0 saturated carbocycles. The third-order valence-electron chi connectivity index (χ3n) is 2.51. The monoisotopic (exact) mass is 268 g/mol. The van der Waals surface area contributed by atoms with Crippen molar-refractivity contribution in [2.45, 2.75) is 33.2 Å². The van der Waals surface area contributed by atoms with Gasteiger partial charge >= 0.3 is 0 Å². The first-order chi connectivity index (χ1) is 9.26. The van der Waals surface area contributed by atoms with Gasteiger partial charge in [-0.15, -0.1) is 0 Å². The maximum atomic E-state index is 5.66. The molecule has 0 saturated heterocycles. The second-order valence-electron chi connectivity index (χ2n) is 3.89. The second-order valence-corrected chi connectivity index (χ2v) is 3.89. The van der Waals surface area contributed by atoms with Crippen LogP contribution < -0.4 is 4.74 Å². The zero-order valence-corrected chi connectivity index (χ0v) is 12.1. The summed E-state index contributed by atoms with van der Waals surface area (Å²) >= 11 is 0. The number of hydrogen-bond donors (Lipinski definition) is 0. The molecule has 0 radical (unpaired) electrons. The van der Waals surface area contributed by atoms with Gasteiger partial charge in [-0.2, -0.15) is 0 Å². The Hall–Kier alpha value is -1.10. The van der Waals surface area contributed by atoms with Gasteiger partial charge in [0.05, 0.1) is 13.0 Å². The molecule has 4 nitrogen and oxygen atoms in total. The molecule has 0 aromatic heterocycles. The van der Waals surface area contributed by atoms with Crippen molar-refractivity contribution in [2.75, 3.05) is 26.4 Å². The van der Waals surface area contributed by atoms with Crippen LogP contribution in [-0.2, 0) is 14.2 Å². The van der Waals surface area contributed by atoms with Crippen molar-refractivity contribution in [1.82, 2.24) is 0 Å². The predicted molar refractivity (Wildman–Crippen MR) is 74.2 cm³/mol. The fourth-order valence-electron chi connectivity index (χ4n) is 1.81. The fraction of sp³-hybridized carbons (Fsp3) is 0.600. The van der Waals surface area contributed by atoms with Crippen LogP contribution in [0.4, 0.5) is 0 Å². The van der Waals surface area contributed by atoms with E-state index in [4.69, 9.17) is 18.9 Å². The third kappa shape index (κ3) is 5.59. The summed E-state index contributed by atoms with van der Waals surface area (Å²) in [6.07, 6.45) is 0.525. The lowest BCUT2D eigenvalue weighted by molar-refractivity contribution is -0.380. The van der Waals surface area contributed by atoms with E-state index in [-0.39, 0.29) is 0 Å². The highest BCUT2D eigenvalue weighted by Gasteiger charge is 2.32. The summed E-state index contributed by atoms with van der Waals surface area (Å²) in [5.41, 5.74) is 0. The number of benzene rings is 1. The third-order valence-corrected chi connectivity index (χ3v) is 2.51. The van der Waals surface area contributed by atoms with Crippen molar-refractivity contribution in [2.24, 2.45) is 0 Å². The molecular formula is C15H24O4. The van der Waals surface area contributed by atoms with Crippen LogP contribution in [0.2, 0.25) is 0 Å². The van der Waals surface area contributed by atoms with E-state index in [9.17, 15) is 0 Å². The molecular weight excluding hydrogens is 244 g/mol. The average molecular weight is 268 g/mol. The summed E-state index contributed by atoms with van der Waals surface area (Å²) in [6.45, 7) is 7.84. The quantitative estimate of drug-likeness (QED) is 0.611. The Morgan fingerprint density at radius 2 is 1.37 bits per heavy atom. The van der Waals surface area contributed by atoms with Crippen molar-refractivity contribution in [3.63, 3.8) is 0 Å². The zero-order valence-electron chi connectivity index (χ0n) is 12.1. The molecule has 0 heterocycles. The van der Waals surface area contributed by atoms with Crippen LogP contribution in [0.3, 0.4) is 0 Å². The Labute approximate surface area is 115 Å². The summed E-state index contributed by atoms with van der Waals surface area (Å²) in [5, 5.41) is 0. The van der Waals surface area contributed by atoms with Crippen molar-refractivity contribution >= 4 is 0 Å². The summed E-state index contributed by atoms with van der Waals surface area (Å²) in [5.74, 6) is -0.159. The highest BCUT2D eigenvalue weighted by molar-refractivity contribution is 5.20. The van der Waals surface area contributed by atoms with Gasteiger partial charge < -0.3 is 18.9 Å². The van der Waals surface area contributed by atoms with Gasteiger partial charge in [-0.05, 0) is 32.9 Å². The normalized spacial score (nSPS) is 11.5. The van der Waals surface area contributed by atoms with Crippen LogP contribution in [0, 0.1) is 0 Å². The molecule has 1 rings (SSSR count). The molecule has 0 unspecified atom stereocenters. The van der Waals surface area contributed by atoms with E-state index >= 15 is 0 Å². The van der Waals surface area contributed by atoms with Crippen molar-refractivity contribution in [3.05, 3.63) is 30.3 Å². The van der Waals surface area contributed by atoms with Crippen molar-refractivity contribution < 1.29 is 18.9 Å². The molecule has 19 heavy (non-hydrogen) atoms. The molecule has 0 spiro atoms. The molecule has 1 aromatic carbocycles. The topological polar surface area (TPSA) is 36.9 Å². The average Bonchev–Trinajstić information content (AvgIpc) is 2.41. The van der Waals surface area contributed by atoms with E-state index in [1.54, 1.807) is 0 Å². The van der Waals surface area contributed by atoms with Crippen LogP contribution in [-0.4, -0.2) is 32.4 Å². The van der Waals surface area contributed by atoms with E-state index in [1.807, 2.05) is 51.1 Å². The first-order valence-corrected chi connectivity index (χ1v) is 6.86. The SMILES string of the molecule is CCOC(CCOc1ccccc1)(OCC)OCC. The molecule has 0 fully saturated rings. The van der Waals surface area contributed by atoms with Gasteiger partial charge in [0.1, 0.15) is 5.75 Å². The predicted octanol–water partition coefficient (Wildman–Crippen LogP) is 3.22. The Morgan fingerprint density at radius 3 is 1.84 bits per heavy atom. The minimum atomic E-state index is -0.993. The highest BCUT2D eigenvalue weighted by atomic mass is 16.9. The van der Waals surface area contributed by atoms with E-state index in [0.717, 1.165) is 5.75 Å². The number of ether oxygens (including phenoxy) is 4. The lowest BCUT2D eigenvalue weighted by Crippen LogP contribution is -2.41. The molecule has 0 atom stereocenters. The largest absolute Gasteiger partial charge is 0.493 e. The van der Waals surface area contributed by atoms with Gasteiger partial charge in [0.25, 0.3) is 5.97 Å². The molecule has 0 amide bonds. The summed E-state index contributed by atoms with van der Waals surface area (Å²) in [7, 11) is 0. The Morgan fingerprint density at radius 1 is 0.842 bits per heavy atom. The molecule has 0 N–H and O–H groups in total. The highest BCUT2D eigenvalue weighted by Crippen LogP contribution is 2.21. The van der Waals surface area contributed by atoms with E-state index in [2.05, 4.69) is 0 Å². The van der Waals surface area contributed by atoms with Crippen molar-refractivity contribution in [1.29, 1.82) is 0 Å². The zero-order chi connectivity index (χ0) is 14.0. The molecule has 0 aliphatic heterocycles. The minimum Gasteiger partial charge on any atom is -0.493 e. The lowest BCUT2D eigenvalue weighted by atomic mass is 10.3. The van der Waals surface area contributed by atoms with Crippen LogP contribution in [0.15, 0.2) is 30.3 Å². The fourth-order valence-corrected chi connectivity index (χ4v) is 1.81. The molecule has 0 aliphatic rings. The Balaban J connectivity index is 2.51. The molecule has 0 bridgehead atoms. The number of rotatable bonds is 10. The maximum absolute atomic E-state index is 5.66. The van der Waals surface area contributed by atoms with Gasteiger partial charge in [0.2, 0.25) is 0 Å². The Kier molecular flexibility index (Phi) is 7.48. The van der Waals surface area contributed by atoms with Crippen LogP contribution in [0.25, 0.3) is 0 Å². The van der Waals surface area contributed by atoms with Gasteiger partial charge in [-0.1, -0.05) is 18.2 Å². The van der Waals surface area contributed by atoms with Crippen molar-refractivity contribution in [3.8, 4) is 5.75 Å². The van der Waals surface area contributed by atoms with Crippen LogP contribution >= 0.6 is 0 Å². The summed E-state index contributed by atoms with van der Waals surface area (Å²) in [6, 6.07) is 9.68. The molecule has 4 heteroatoms. The van der Waals surface area contributed by atoms with E-state index in [0.29, 0.717) is 32.8 Å². The smallest absolute Gasteiger partial charge is 0.286 e. The second kappa shape index (κ2) is 8.91. The van der Waals surface area contributed by atoms with Gasteiger partial charge in [0, 0.05) is 19.8 Å². The molecule has 1 aromatic rings. The number of para-hydroxylation sites is 1. The van der Waals surface area contributed by atoms with Crippen LogP contribution in [0.5, 0.6) is 5.75 Å². The number of hydrogen-bond acceptors (Lipinski definition) is 4. The van der Waals surface area contributed by atoms with Crippen LogP contribution in [0.1, 0.15) is 27.2 Å². The van der Waals surface area contributed by atoms with Gasteiger partial charge in [0.15, 0.2) is 0 Å². The Bertz CT molecular complexity index is 309. The minimum absolute atomic E-state index is 0.476. The summed E-state index contributed by atoms with van der Waals surface area (Å²) in [4.78, 5) is 0.